The molecule has 2 aromatic carbocycles. The molecule has 0 aromatic heterocycles. The fourth-order valence-electron chi connectivity index (χ4n) is 2.41. The average molecular weight is 317 g/mol. The first kappa shape index (κ1) is 14.2. The van der Waals surface area contributed by atoms with E-state index in [-0.39, 0.29) is 23.4 Å². The van der Waals surface area contributed by atoms with Crippen molar-refractivity contribution >= 4 is 29.1 Å². The summed E-state index contributed by atoms with van der Waals surface area (Å²) in [5, 5.41) is 11.5. The number of benzene rings is 2. The Morgan fingerprint density at radius 1 is 1.05 bits per heavy atom. The zero-order valence-electron chi connectivity index (χ0n) is 11.2. The molecule has 110 valence electrons. The summed E-state index contributed by atoms with van der Waals surface area (Å²) in [6, 6.07) is 10.8. The van der Waals surface area contributed by atoms with Crippen LogP contribution in [0.15, 0.2) is 42.5 Å². The maximum Gasteiger partial charge on any atom is 0.282 e. The standard InChI is InChI=1S/C15H9ClN2O4/c16-11-6-2-1-4-9(11)8-17-14(19)10-5-3-7-12(18(21)22)13(10)15(17)20/h1-7H,8H2. The number of nitrogens with zero attached hydrogens (tertiary/aromatic N) is 2. The summed E-state index contributed by atoms with van der Waals surface area (Å²) in [4.78, 5) is 36.1. The van der Waals surface area contributed by atoms with Gasteiger partial charge in [0, 0.05) is 11.1 Å². The van der Waals surface area contributed by atoms with E-state index in [1.165, 1.54) is 18.2 Å². The molecule has 0 atom stereocenters. The molecule has 0 radical (unpaired) electrons. The van der Waals surface area contributed by atoms with Crippen molar-refractivity contribution in [1.82, 2.24) is 4.90 Å². The first-order valence-electron chi connectivity index (χ1n) is 6.37. The molecule has 0 bridgehead atoms. The van der Waals surface area contributed by atoms with Crippen LogP contribution in [0.25, 0.3) is 0 Å². The van der Waals surface area contributed by atoms with Crippen molar-refractivity contribution in [3.63, 3.8) is 0 Å². The van der Waals surface area contributed by atoms with Crippen LogP contribution in [0, 0.1) is 10.1 Å². The van der Waals surface area contributed by atoms with E-state index >= 15 is 0 Å². The van der Waals surface area contributed by atoms with E-state index in [4.69, 9.17) is 11.6 Å². The van der Waals surface area contributed by atoms with Crippen molar-refractivity contribution < 1.29 is 14.5 Å². The van der Waals surface area contributed by atoms with Crippen LogP contribution in [0.4, 0.5) is 5.69 Å². The zero-order chi connectivity index (χ0) is 15.9. The number of rotatable bonds is 3. The Morgan fingerprint density at radius 2 is 1.77 bits per heavy atom. The second-order valence-corrected chi connectivity index (χ2v) is 5.15. The van der Waals surface area contributed by atoms with Gasteiger partial charge in [-0.25, -0.2) is 0 Å². The van der Waals surface area contributed by atoms with E-state index < -0.39 is 16.7 Å². The molecule has 1 heterocycles. The van der Waals surface area contributed by atoms with Crippen LogP contribution in [0.1, 0.15) is 26.3 Å². The van der Waals surface area contributed by atoms with Crippen LogP contribution in [0.2, 0.25) is 5.02 Å². The summed E-state index contributed by atoms with van der Waals surface area (Å²) in [7, 11) is 0. The molecular formula is C15H9ClN2O4. The highest BCUT2D eigenvalue weighted by atomic mass is 35.5. The van der Waals surface area contributed by atoms with Crippen molar-refractivity contribution in [1.29, 1.82) is 0 Å². The number of carbonyl (C=O) groups is 2. The molecule has 0 aliphatic carbocycles. The van der Waals surface area contributed by atoms with Crippen LogP contribution >= 0.6 is 11.6 Å². The number of hydrogen-bond acceptors (Lipinski definition) is 4. The molecule has 0 unspecified atom stereocenters. The molecular weight excluding hydrogens is 308 g/mol. The highest BCUT2D eigenvalue weighted by Gasteiger charge is 2.40. The van der Waals surface area contributed by atoms with E-state index in [1.54, 1.807) is 24.3 Å². The van der Waals surface area contributed by atoms with Gasteiger partial charge in [0.25, 0.3) is 17.5 Å². The molecule has 7 heteroatoms. The number of fused-ring (bicyclic) bond motifs is 1. The molecule has 1 aliphatic rings. The predicted molar refractivity (Wildman–Crippen MR) is 78.8 cm³/mol. The molecule has 22 heavy (non-hydrogen) atoms. The van der Waals surface area contributed by atoms with E-state index in [2.05, 4.69) is 0 Å². The maximum absolute atomic E-state index is 12.4. The van der Waals surface area contributed by atoms with Crippen molar-refractivity contribution in [2.75, 3.05) is 0 Å². The number of hydrogen-bond donors (Lipinski definition) is 0. The number of imide groups is 1. The Kier molecular flexibility index (Phi) is 3.38. The lowest BCUT2D eigenvalue weighted by Gasteiger charge is -2.14. The molecule has 0 spiro atoms. The van der Waals surface area contributed by atoms with Crippen LogP contribution in [0.5, 0.6) is 0 Å². The lowest BCUT2D eigenvalue weighted by atomic mass is 10.1. The zero-order valence-corrected chi connectivity index (χ0v) is 11.9. The Labute approximate surface area is 130 Å². The quantitative estimate of drug-likeness (QED) is 0.495. The van der Waals surface area contributed by atoms with Gasteiger partial charge in [0.15, 0.2) is 0 Å². The first-order valence-corrected chi connectivity index (χ1v) is 6.75. The Hall–Kier alpha value is -2.73. The summed E-state index contributed by atoms with van der Waals surface area (Å²) in [5.74, 6) is -1.23. The number of nitro benzene ring substituents is 1. The topological polar surface area (TPSA) is 80.5 Å². The summed E-state index contributed by atoms with van der Waals surface area (Å²) in [6.07, 6.45) is 0. The van der Waals surface area contributed by atoms with E-state index in [0.29, 0.717) is 10.6 Å². The molecule has 0 fully saturated rings. The Morgan fingerprint density at radius 3 is 2.45 bits per heavy atom. The highest BCUT2D eigenvalue weighted by Crippen LogP contribution is 2.32. The van der Waals surface area contributed by atoms with Crippen molar-refractivity contribution in [2.45, 2.75) is 6.54 Å². The van der Waals surface area contributed by atoms with Crippen LogP contribution in [-0.4, -0.2) is 21.6 Å². The number of halogens is 1. The predicted octanol–water partition coefficient (Wildman–Crippen LogP) is 3.04. The van der Waals surface area contributed by atoms with Gasteiger partial charge < -0.3 is 0 Å². The first-order chi connectivity index (χ1) is 10.5. The minimum Gasteiger partial charge on any atom is -0.270 e. The molecule has 2 aromatic rings. The molecule has 0 saturated heterocycles. The van der Waals surface area contributed by atoms with Gasteiger partial charge in [0.05, 0.1) is 17.0 Å². The van der Waals surface area contributed by atoms with Crippen LogP contribution < -0.4 is 0 Å². The van der Waals surface area contributed by atoms with Gasteiger partial charge in [-0.2, -0.15) is 0 Å². The van der Waals surface area contributed by atoms with Gasteiger partial charge in [-0.15, -0.1) is 0 Å². The molecule has 0 N–H and O–H groups in total. The van der Waals surface area contributed by atoms with Crippen molar-refractivity contribution in [3.05, 3.63) is 74.3 Å². The number of carbonyl (C=O) groups excluding carboxylic acids is 2. The smallest absolute Gasteiger partial charge is 0.270 e. The molecule has 3 rings (SSSR count). The van der Waals surface area contributed by atoms with E-state index in [0.717, 1.165) is 4.90 Å². The summed E-state index contributed by atoms with van der Waals surface area (Å²) in [6.45, 7) is -0.0246. The van der Waals surface area contributed by atoms with Gasteiger partial charge in [-0.3, -0.25) is 24.6 Å². The summed E-state index contributed by atoms with van der Waals surface area (Å²) >= 11 is 6.03. The molecule has 0 saturated carbocycles. The summed E-state index contributed by atoms with van der Waals surface area (Å²) < 4.78 is 0. The minimum atomic E-state index is -0.674. The van der Waals surface area contributed by atoms with Crippen molar-refractivity contribution in [2.24, 2.45) is 0 Å². The van der Waals surface area contributed by atoms with E-state index in [1.807, 2.05) is 0 Å². The number of nitro groups is 1. The van der Waals surface area contributed by atoms with Gasteiger partial charge in [0.1, 0.15) is 5.56 Å². The lowest BCUT2D eigenvalue weighted by Crippen LogP contribution is -2.29. The SMILES string of the molecule is O=C1c2cccc([N+](=O)[O-])c2C(=O)N1Cc1ccccc1Cl. The fourth-order valence-corrected chi connectivity index (χ4v) is 2.60. The average Bonchev–Trinajstić information content (AvgIpc) is 2.74. The fraction of sp³-hybridized carbons (Fsp3) is 0.0667. The third-order valence-electron chi connectivity index (χ3n) is 3.46. The molecule has 6 nitrogen and oxygen atoms in total. The van der Waals surface area contributed by atoms with Crippen LogP contribution in [-0.2, 0) is 6.54 Å². The van der Waals surface area contributed by atoms with Crippen LogP contribution in [0.3, 0.4) is 0 Å². The third-order valence-corrected chi connectivity index (χ3v) is 3.83. The lowest BCUT2D eigenvalue weighted by molar-refractivity contribution is -0.385. The van der Waals surface area contributed by atoms with Crippen molar-refractivity contribution in [3.8, 4) is 0 Å². The monoisotopic (exact) mass is 316 g/mol. The molecule has 2 amide bonds. The maximum atomic E-state index is 12.4. The van der Waals surface area contributed by atoms with Gasteiger partial charge in [0.2, 0.25) is 0 Å². The largest absolute Gasteiger partial charge is 0.282 e. The Bertz CT molecular complexity index is 819. The third kappa shape index (κ3) is 2.14. The second-order valence-electron chi connectivity index (χ2n) is 4.74. The van der Waals surface area contributed by atoms with Gasteiger partial charge >= 0.3 is 0 Å². The van der Waals surface area contributed by atoms with E-state index in [9.17, 15) is 19.7 Å². The minimum absolute atomic E-state index is 0.0246. The second kappa shape index (κ2) is 5.23. The normalized spacial score (nSPS) is 13.4. The molecule has 1 aliphatic heterocycles. The number of amides is 2. The summed E-state index contributed by atoms with van der Waals surface area (Å²) in [5.41, 5.74) is 0.120. The van der Waals surface area contributed by atoms with Gasteiger partial charge in [-0.1, -0.05) is 35.9 Å². The highest BCUT2D eigenvalue weighted by molar-refractivity contribution is 6.31. The van der Waals surface area contributed by atoms with Gasteiger partial charge in [-0.05, 0) is 17.7 Å². The Balaban J connectivity index is 2.02.